The van der Waals surface area contributed by atoms with Gasteiger partial charge < -0.3 is 30.0 Å². The summed E-state index contributed by atoms with van der Waals surface area (Å²) in [7, 11) is 3.44. The number of nitrogens with one attached hydrogen (secondary N) is 2. The molecule has 1 aromatic rings. The largest absolute Gasteiger partial charge is 0.497 e. The highest BCUT2D eigenvalue weighted by atomic mass is 127. The molecule has 170 valence electrons. The van der Waals surface area contributed by atoms with Crippen molar-refractivity contribution in [1.82, 2.24) is 10.6 Å². The van der Waals surface area contributed by atoms with Crippen LogP contribution in [0.2, 0.25) is 0 Å². The Kier molecular flexibility index (Phi) is 10.5. The molecule has 3 rings (SSSR count). The van der Waals surface area contributed by atoms with Crippen LogP contribution in [0.4, 0.5) is 0 Å². The third-order valence-electron chi connectivity index (χ3n) is 6.00. The smallest absolute Gasteiger partial charge is 0.191 e. The molecule has 30 heavy (non-hydrogen) atoms. The van der Waals surface area contributed by atoms with Gasteiger partial charge in [-0.25, -0.2) is 0 Å². The van der Waals surface area contributed by atoms with E-state index in [1.807, 2.05) is 18.2 Å². The lowest BCUT2D eigenvalue weighted by Gasteiger charge is -2.27. The first-order valence-corrected chi connectivity index (χ1v) is 10.6. The van der Waals surface area contributed by atoms with Gasteiger partial charge in [0.25, 0.3) is 0 Å². The van der Waals surface area contributed by atoms with Gasteiger partial charge in [0.05, 0.1) is 19.8 Å². The van der Waals surface area contributed by atoms with Crippen LogP contribution < -0.4 is 20.1 Å². The lowest BCUT2D eigenvalue weighted by Crippen LogP contribution is -2.44. The normalized spacial score (nSPS) is 21.9. The zero-order valence-electron chi connectivity index (χ0n) is 18.1. The Morgan fingerprint density at radius 3 is 2.73 bits per heavy atom. The van der Waals surface area contributed by atoms with Crippen molar-refractivity contribution < 1.29 is 19.3 Å². The molecule has 1 saturated carbocycles. The van der Waals surface area contributed by atoms with Gasteiger partial charge in [0, 0.05) is 50.4 Å². The first-order chi connectivity index (χ1) is 14.2. The number of aliphatic hydroxyl groups excluding tert-OH is 1. The topological polar surface area (TPSA) is 84.3 Å². The van der Waals surface area contributed by atoms with Crippen molar-refractivity contribution in [2.24, 2.45) is 10.4 Å². The quantitative estimate of drug-likeness (QED) is 0.257. The summed E-state index contributed by atoms with van der Waals surface area (Å²) in [6, 6.07) is 5.97. The summed E-state index contributed by atoms with van der Waals surface area (Å²) in [6.45, 7) is 2.93. The van der Waals surface area contributed by atoms with E-state index >= 15 is 0 Å². The van der Waals surface area contributed by atoms with Crippen molar-refractivity contribution in [3.8, 4) is 11.5 Å². The average Bonchev–Trinajstić information content (AvgIpc) is 3.42. The van der Waals surface area contributed by atoms with Gasteiger partial charge in [-0.3, -0.25) is 4.99 Å². The van der Waals surface area contributed by atoms with Gasteiger partial charge in [0.1, 0.15) is 11.5 Å². The Hall–Kier alpha value is -1.26. The summed E-state index contributed by atoms with van der Waals surface area (Å²) >= 11 is 0. The maximum Gasteiger partial charge on any atom is 0.191 e. The summed E-state index contributed by atoms with van der Waals surface area (Å²) in [6.07, 6.45) is 6.67. The summed E-state index contributed by atoms with van der Waals surface area (Å²) < 4.78 is 17.2. The highest BCUT2D eigenvalue weighted by Crippen LogP contribution is 2.32. The number of nitrogens with zero attached hydrogens (tertiary/aromatic N) is 1. The van der Waals surface area contributed by atoms with E-state index in [1.54, 1.807) is 14.2 Å². The van der Waals surface area contributed by atoms with Crippen molar-refractivity contribution in [2.45, 2.75) is 51.2 Å². The first kappa shape index (κ1) is 25.0. The highest BCUT2D eigenvalue weighted by Gasteiger charge is 2.34. The van der Waals surface area contributed by atoms with Gasteiger partial charge in [-0.15, -0.1) is 24.0 Å². The molecule has 1 unspecified atom stereocenters. The standard InChI is InChI=1S/C22H35N3O4.HI/c1-23-21(25-15-22(9-11-26)10-12-28-16-22)24-14-17-7-8-19(27-2)13-20(17)29-18-5-3-4-6-18;/h7-8,13,18,26H,3-6,9-12,14-16H2,1-2H3,(H2,23,24,25);1H. The molecule has 8 heteroatoms. The number of methoxy groups -OCH3 is 1. The van der Waals surface area contributed by atoms with Crippen LogP contribution in [0.1, 0.15) is 44.1 Å². The molecule has 3 N–H and O–H groups in total. The number of ether oxygens (including phenoxy) is 3. The van der Waals surface area contributed by atoms with Gasteiger partial charge >= 0.3 is 0 Å². The molecule has 2 fully saturated rings. The molecule has 7 nitrogen and oxygen atoms in total. The zero-order valence-corrected chi connectivity index (χ0v) is 20.4. The van der Waals surface area contributed by atoms with Crippen LogP contribution in [-0.4, -0.2) is 57.7 Å². The number of aliphatic hydroxyl groups is 1. The molecule has 1 aliphatic heterocycles. The van der Waals surface area contributed by atoms with E-state index in [0.717, 1.165) is 61.9 Å². The summed E-state index contributed by atoms with van der Waals surface area (Å²) in [4.78, 5) is 4.35. The van der Waals surface area contributed by atoms with Crippen LogP contribution in [0.15, 0.2) is 23.2 Å². The minimum atomic E-state index is -0.0246. The summed E-state index contributed by atoms with van der Waals surface area (Å²) in [5.41, 5.74) is 1.05. The van der Waals surface area contributed by atoms with Gasteiger partial charge in [-0.2, -0.15) is 0 Å². The molecule has 1 aromatic carbocycles. The number of guanidine groups is 1. The lowest BCUT2D eigenvalue weighted by atomic mass is 9.84. The second-order valence-electron chi connectivity index (χ2n) is 8.05. The predicted octanol–water partition coefficient (Wildman–Crippen LogP) is 3.09. The van der Waals surface area contributed by atoms with E-state index in [2.05, 4.69) is 15.6 Å². The minimum absolute atomic E-state index is 0. The van der Waals surface area contributed by atoms with E-state index in [9.17, 15) is 5.11 Å². The fourth-order valence-corrected chi connectivity index (χ4v) is 4.09. The first-order valence-electron chi connectivity index (χ1n) is 10.6. The summed E-state index contributed by atoms with van der Waals surface area (Å²) in [5, 5.41) is 16.2. The van der Waals surface area contributed by atoms with Crippen LogP contribution in [-0.2, 0) is 11.3 Å². The second kappa shape index (κ2) is 12.6. The molecule has 0 spiro atoms. The van der Waals surface area contributed by atoms with Crippen molar-refractivity contribution >= 4 is 29.9 Å². The fourth-order valence-electron chi connectivity index (χ4n) is 4.09. The van der Waals surface area contributed by atoms with E-state index in [-0.39, 0.29) is 36.0 Å². The fraction of sp³-hybridized carbons (Fsp3) is 0.682. The maximum atomic E-state index is 9.40. The number of rotatable bonds is 9. The molecule has 1 heterocycles. The van der Waals surface area contributed by atoms with Crippen LogP contribution >= 0.6 is 24.0 Å². The van der Waals surface area contributed by atoms with E-state index in [0.29, 0.717) is 19.3 Å². The van der Waals surface area contributed by atoms with Crippen LogP contribution in [0, 0.1) is 5.41 Å². The number of benzene rings is 1. The third-order valence-corrected chi connectivity index (χ3v) is 6.00. The molecule has 1 aliphatic carbocycles. The molecular weight excluding hydrogens is 497 g/mol. The predicted molar refractivity (Wildman–Crippen MR) is 129 cm³/mol. The number of hydrogen-bond donors (Lipinski definition) is 3. The molecule has 0 aromatic heterocycles. The van der Waals surface area contributed by atoms with Gasteiger partial charge in [0.2, 0.25) is 0 Å². The van der Waals surface area contributed by atoms with Crippen molar-refractivity contribution in [3.63, 3.8) is 0 Å². The molecule has 1 saturated heterocycles. The Morgan fingerprint density at radius 2 is 2.10 bits per heavy atom. The van der Waals surface area contributed by atoms with E-state index in [1.165, 1.54) is 12.8 Å². The molecule has 0 bridgehead atoms. The Balaban J connectivity index is 0.00000320. The molecular formula is C22H36IN3O4. The van der Waals surface area contributed by atoms with Crippen LogP contribution in [0.3, 0.4) is 0 Å². The maximum absolute atomic E-state index is 9.40. The average molecular weight is 533 g/mol. The number of halogens is 1. The molecule has 1 atom stereocenters. The molecule has 0 radical (unpaired) electrons. The Labute approximate surface area is 197 Å². The lowest BCUT2D eigenvalue weighted by molar-refractivity contribution is 0.127. The highest BCUT2D eigenvalue weighted by molar-refractivity contribution is 14.0. The monoisotopic (exact) mass is 533 g/mol. The Bertz CT molecular complexity index is 674. The summed E-state index contributed by atoms with van der Waals surface area (Å²) in [5.74, 6) is 2.41. The number of aliphatic imine (C=N–C) groups is 1. The van der Waals surface area contributed by atoms with Gasteiger partial charge in [0.15, 0.2) is 5.96 Å². The van der Waals surface area contributed by atoms with Crippen LogP contribution in [0.25, 0.3) is 0 Å². The van der Waals surface area contributed by atoms with Gasteiger partial charge in [-0.05, 0) is 50.7 Å². The van der Waals surface area contributed by atoms with Gasteiger partial charge in [-0.1, -0.05) is 0 Å². The third kappa shape index (κ3) is 6.88. The van der Waals surface area contributed by atoms with Crippen LogP contribution in [0.5, 0.6) is 11.5 Å². The zero-order chi connectivity index (χ0) is 20.5. The Morgan fingerprint density at radius 1 is 1.30 bits per heavy atom. The second-order valence-corrected chi connectivity index (χ2v) is 8.05. The molecule has 0 amide bonds. The molecule has 2 aliphatic rings. The van der Waals surface area contributed by atoms with E-state index < -0.39 is 0 Å². The SMILES string of the molecule is CN=C(NCc1ccc(OC)cc1OC1CCCC1)NCC1(CCO)CCOC1.I. The van der Waals surface area contributed by atoms with Crippen molar-refractivity contribution in [2.75, 3.05) is 40.5 Å². The number of hydrogen-bond acceptors (Lipinski definition) is 5. The minimum Gasteiger partial charge on any atom is -0.497 e. The van der Waals surface area contributed by atoms with Crippen molar-refractivity contribution in [1.29, 1.82) is 0 Å². The van der Waals surface area contributed by atoms with E-state index in [4.69, 9.17) is 14.2 Å². The van der Waals surface area contributed by atoms with Crippen molar-refractivity contribution in [3.05, 3.63) is 23.8 Å².